The van der Waals surface area contributed by atoms with Crippen LogP contribution in [-0.4, -0.2) is 39.4 Å². The summed E-state index contributed by atoms with van der Waals surface area (Å²) in [5.41, 5.74) is 1.16. The Morgan fingerprint density at radius 1 is 1.29 bits per heavy atom. The predicted molar refractivity (Wildman–Crippen MR) is 90.1 cm³/mol. The quantitative estimate of drug-likeness (QED) is 0.854. The lowest BCUT2D eigenvalue weighted by Gasteiger charge is -2.37. The largest absolute Gasteiger partial charge is 0.510 e. The molecule has 1 aliphatic rings. The Labute approximate surface area is 141 Å². The number of rotatable bonds is 5. The predicted octanol–water partition coefficient (Wildman–Crippen LogP) is 3.04. The van der Waals surface area contributed by atoms with Crippen molar-refractivity contribution in [3.05, 3.63) is 54.3 Å². The Hall–Kier alpha value is -2.18. The normalized spacial score (nSPS) is 25.3. The molecule has 2 heterocycles. The van der Waals surface area contributed by atoms with Crippen LogP contribution in [0.2, 0.25) is 0 Å². The van der Waals surface area contributed by atoms with Crippen LogP contribution in [0.15, 0.2) is 48.7 Å². The van der Waals surface area contributed by atoms with Crippen molar-refractivity contribution in [1.29, 1.82) is 0 Å². The number of aliphatic hydroxyl groups is 1. The van der Waals surface area contributed by atoms with E-state index < -0.39 is 5.41 Å². The summed E-state index contributed by atoms with van der Waals surface area (Å²) in [4.78, 5) is 4.00. The minimum absolute atomic E-state index is 0.199. The first-order valence-corrected chi connectivity index (χ1v) is 8.17. The van der Waals surface area contributed by atoms with Crippen LogP contribution in [0.3, 0.4) is 0 Å². The molecule has 0 spiro atoms. The first-order chi connectivity index (χ1) is 11.6. The fourth-order valence-electron chi connectivity index (χ4n) is 2.77. The fourth-order valence-corrected chi connectivity index (χ4v) is 2.77. The molecule has 3 rings (SSSR count). The van der Waals surface area contributed by atoms with E-state index in [2.05, 4.69) is 10.1 Å². The number of nitrogens with zero attached hydrogens (tertiary/aromatic N) is 3. The topological polar surface area (TPSA) is 69.4 Å². The average Bonchev–Trinajstić information content (AvgIpc) is 3.15. The molecule has 1 saturated heterocycles. The SMILES string of the molecule is CCC1OCC(C)(/C(O)=C(/Cc2ccccc2)n2cncn2)CO1. The fraction of sp³-hybridized carbons (Fsp3) is 0.444. The van der Waals surface area contributed by atoms with Crippen LogP contribution in [0.4, 0.5) is 0 Å². The zero-order chi connectivity index (χ0) is 17.0. The van der Waals surface area contributed by atoms with E-state index in [9.17, 15) is 5.11 Å². The van der Waals surface area contributed by atoms with E-state index in [1.807, 2.05) is 44.2 Å². The molecule has 1 aromatic heterocycles. The summed E-state index contributed by atoms with van der Waals surface area (Å²) in [7, 11) is 0. The van der Waals surface area contributed by atoms with Crippen molar-refractivity contribution in [3.63, 3.8) is 0 Å². The molecule has 0 radical (unpaired) electrons. The van der Waals surface area contributed by atoms with Gasteiger partial charge in [0.25, 0.3) is 0 Å². The second-order valence-corrected chi connectivity index (χ2v) is 6.32. The summed E-state index contributed by atoms with van der Waals surface area (Å²) in [6.07, 6.45) is 4.19. The smallest absolute Gasteiger partial charge is 0.157 e. The lowest BCUT2D eigenvalue weighted by atomic mass is 9.87. The molecule has 24 heavy (non-hydrogen) atoms. The van der Waals surface area contributed by atoms with Gasteiger partial charge < -0.3 is 14.6 Å². The molecule has 1 N–H and O–H groups in total. The second kappa shape index (κ2) is 7.15. The highest BCUT2D eigenvalue weighted by molar-refractivity contribution is 5.52. The zero-order valence-electron chi connectivity index (χ0n) is 14.1. The van der Waals surface area contributed by atoms with Gasteiger partial charge in [0.2, 0.25) is 0 Å². The minimum atomic E-state index is -0.609. The van der Waals surface area contributed by atoms with Crippen molar-refractivity contribution < 1.29 is 14.6 Å². The standard InChI is InChI=1S/C18H23N3O3/c1-3-16-23-10-18(2,11-24-16)17(22)15(21-13-19-12-20-21)9-14-7-5-4-6-8-14/h4-8,12-13,16,22H,3,9-11H2,1-2H3/b17-15+. The van der Waals surface area contributed by atoms with Gasteiger partial charge in [-0.2, -0.15) is 5.10 Å². The lowest BCUT2D eigenvalue weighted by Crippen LogP contribution is -2.41. The molecule has 0 saturated carbocycles. The molecule has 0 aliphatic carbocycles. The van der Waals surface area contributed by atoms with Gasteiger partial charge in [0, 0.05) is 6.42 Å². The highest BCUT2D eigenvalue weighted by Gasteiger charge is 2.38. The number of hydrogen-bond acceptors (Lipinski definition) is 5. The van der Waals surface area contributed by atoms with Crippen molar-refractivity contribution >= 4 is 5.70 Å². The summed E-state index contributed by atoms with van der Waals surface area (Å²) >= 11 is 0. The third-order valence-electron chi connectivity index (χ3n) is 4.26. The lowest BCUT2D eigenvalue weighted by molar-refractivity contribution is -0.222. The molecule has 128 valence electrons. The maximum Gasteiger partial charge on any atom is 0.157 e. The van der Waals surface area contributed by atoms with Gasteiger partial charge in [0.05, 0.1) is 24.3 Å². The summed E-state index contributed by atoms with van der Waals surface area (Å²) in [6, 6.07) is 9.97. The van der Waals surface area contributed by atoms with Crippen LogP contribution < -0.4 is 0 Å². The van der Waals surface area contributed by atoms with Gasteiger partial charge in [0.1, 0.15) is 18.4 Å². The average molecular weight is 329 g/mol. The van der Waals surface area contributed by atoms with Crippen molar-refractivity contribution in [2.75, 3.05) is 13.2 Å². The van der Waals surface area contributed by atoms with Crippen LogP contribution in [0.5, 0.6) is 0 Å². The summed E-state index contributed by atoms with van der Waals surface area (Å²) < 4.78 is 13.1. The second-order valence-electron chi connectivity index (χ2n) is 6.32. The summed E-state index contributed by atoms with van der Waals surface area (Å²) in [6.45, 7) is 4.77. The molecule has 1 aromatic carbocycles. The number of hydrogen-bond donors (Lipinski definition) is 1. The van der Waals surface area contributed by atoms with Crippen molar-refractivity contribution in [3.8, 4) is 0 Å². The van der Waals surface area contributed by atoms with Gasteiger partial charge >= 0.3 is 0 Å². The van der Waals surface area contributed by atoms with Crippen molar-refractivity contribution in [2.24, 2.45) is 5.41 Å². The third-order valence-corrected chi connectivity index (χ3v) is 4.26. The Balaban J connectivity index is 1.93. The Bertz CT molecular complexity index is 675. The molecule has 6 nitrogen and oxygen atoms in total. The van der Waals surface area contributed by atoms with Gasteiger partial charge in [-0.15, -0.1) is 0 Å². The molecular weight excluding hydrogens is 306 g/mol. The maximum absolute atomic E-state index is 11.0. The molecular formula is C18H23N3O3. The number of ether oxygens (including phenoxy) is 2. The van der Waals surface area contributed by atoms with Gasteiger partial charge in [-0.1, -0.05) is 37.3 Å². The van der Waals surface area contributed by atoms with Gasteiger partial charge in [-0.25, -0.2) is 9.67 Å². The van der Waals surface area contributed by atoms with Crippen LogP contribution in [0.25, 0.3) is 5.70 Å². The summed E-state index contributed by atoms with van der Waals surface area (Å²) in [5.74, 6) is 0.228. The maximum atomic E-state index is 11.0. The van der Waals surface area contributed by atoms with E-state index in [-0.39, 0.29) is 12.0 Å². The van der Waals surface area contributed by atoms with Crippen molar-refractivity contribution in [2.45, 2.75) is 33.0 Å². The van der Waals surface area contributed by atoms with E-state index in [0.717, 1.165) is 12.0 Å². The third kappa shape index (κ3) is 3.49. The van der Waals surface area contributed by atoms with Crippen LogP contribution in [0.1, 0.15) is 25.8 Å². The van der Waals surface area contributed by atoms with E-state index in [4.69, 9.17) is 9.47 Å². The van der Waals surface area contributed by atoms with Gasteiger partial charge in [0.15, 0.2) is 6.29 Å². The van der Waals surface area contributed by atoms with E-state index in [1.54, 1.807) is 11.0 Å². The Morgan fingerprint density at radius 3 is 2.58 bits per heavy atom. The van der Waals surface area contributed by atoms with E-state index >= 15 is 0 Å². The number of benzene rings is 1. The molecule has 6 heteroatoms. The van der Waals surface area contributed by atoms with Crippen LogP contribution >= 0.6 is 0 Å². The molecule has 0 atom stereocenters. The monoisotopic (exact) mass is 329 g/mol. The Kier molecular flexibility index (Phi) is 4.97. The van der Waals surface area contributed by atoms with Gasteiger partial charge in [-0.05, 0) is 18.9 Å². The number of aliphatic hydroxyl groups excluding tert-OH is 1. The highest BCUT2D eigenvalue weighted by Crippen LogP contribution is 2.35. The number of aromatic nitrogens is 3. The zero-order valence-corrected chi connectivity index (χ0v) is 14.1. The molecule has 2 aromatic rings. The minimum Gasteiger partial charge on any atom is -0.510 e. The van der Waals surface area contributed by atoms with Crippen molar-refractivity contribution in [1.82, 2.24) is 14.8 Å². The Morgan fingerprint density at radius 2 is 2.00 bits per heavy atom. The molecule has 1 fully saturated rings. The first-order valence-electron chi connectivity index (χ1n) is 8.17. The number of allylic oxidation sites excluding steroid dienone is 1. The van der Waals surface area contributed by atoms with Gasteiger partial charge in [-0.3, -0.25) is 0 Å². The summed E-state index contributed by atoms with van der Waals surface area (Å²) in [5, 5.41) is 15.2. The van der Waals surface area contributed by atoms with E-state index in [1.165, 1.54) is 6.33 Å². The molecule has 0 amide bonds. The molecule has 1 aliphatic heterocycles. The van der Waals surface area contributed by atoms with Crippen LogP contribution in [-0.2, 0) is 15.9 Å². The molecule has 0 bridgehead atoms. The highest BCUT2D eigenvalue weighted by atomic mass is 16.7. The first kappa shape index (κ1) is 16.7. The van der Waals surface area contributed by atoms with Crippen LogP contribution in [0, 0.1) is 5.41 Å². The molecule has 0 unspecified atom stereocenters. The van der Waals surface area contributed by atoms with E-state index in [0.29, 0.717) is 25.3 Å².